The minimum atomic E-state index is 0.0471. The molecule has 3 rings (SSSR count). The lowest BCUT2D eigenvalue weighted by molar-refractivity contribution is -0.113. The quantitative estimate of drug-likeness (QED) is 0.589. The Hall–Kier alpha value is -2.46. The van der Waals surface area contributed by atoms with Crippen LogP contribution < -0.4 is 5.73 Å². The number of hydrogen-bond acceptors (Lipinski definition) is 4. The minimum Gasteiger partial charge on any atom is -0.399 e. The van der Waals surface area contributed by atoms with Crippen molar-refractivity contribution in [2.75, 3.05) is 5.73 Å². The second-order valence-corrected chi connectivity index (χ2v) is 5.83. The van der Waals surface area contributed by atoms with E-state index >= 15 is 0 Å². The largest absolute Gasteiger partial charge is 0.399 e. The fraction of sp³-hybridized carbons (Fsp3) is 0.0588. The average molecular weight is 294 g/mol. The number of fused-ring (bicyclic) bond motifs is 1. The third-order valence-electron chi connectivity index (χ3n) is 3.06. The monoisotopic (exact) mass is 294 g/mol. The van der Waals surface area contributed by atoms with Gasteiger partial charge in [-0.1, -0.05) is 30.3 Å². The smallest absolute Gasteiger partial charge is 0.162 e. The van der Waals surface area contributed by atoms with E-state index in [2.05, 4.69) is 4.98 Å². The first kappa shape index (κ1) is 13.5. The van der Waals surface area contributed by atoms with Crippen molar-refractivity contribution in [3.05, 3.63) is 65.2 Å². The van der Waals surface area contributed by atoms with Crippen LogP contribution in [0.2, 0.25) is 0 Å². The van der Waals surface area contributed by atoms with Crippen LogP contribution in [0, 0.1) is 0 Å². The van der Waals surface area contributed by atoms with Gasteiger partial charge >= 0.3 is 0 Å². The molecule has 21 heavy (non-hydrogen) atoms. The zero-order chi connectivity index (χ0) is 14.7. The highest BCUT2D eigenvalue weighted by Gasteiger charge is 2.06. The number of benzene rings is 2. The van der Waals surface area contributed by atoms with Crippen LogP contribution in [-0.4, -0.2) is 10.8 Å². The van der Waals surface area contributed by atoms with E-state index in [1.807, 2.05) is 48.5 Å². The summed E-state index contributed by atoms with van der Waals surface area (Å²) in [6.07, 6.45) is 3.73. The topological polar surface area (TPSA) is 56.0 Å². The summed E-state index contributed by atoms with van der Waals surface area (Å²) in [6.45, 7) is 0. The molecular weight excluding hydrogens is 280 g/mol. The second-order valence-electron chi connectivity index (χ2n) is 4.72. The van der Waals surface area contributed by atoms with Crippen LogP contribution in [0.15, 0.2) is 54.6 Å². The molecule has 0 atom stereocenters. The predicted octanol–water partition coefficient (Wildman–Crippen LogP) is 3.70. The van der Waals surface area contributed by atoms with Gasteiger partial charge in [-0.05, 0) is 35.9 Å². The van der Waals surface area contributed by atoms with Crippen molar-refractivity contribution >= 4 is 39.1 Å². The summed E-state index contributed by atoms with van der Waals surface area (Å²) in [6, 6.07) is 15.3. The van der Waals surface area contributed by atoms with Gasteiger partial charge < -0.3 is 5.73 Å². The molecule has 1 aromatic heterocycles. The van der Waals surface area contributed by atoms with Crippen molar-refractivity contribution in [1.82, 2.24) is 4.98 Å². The molecule has 3 nitrogen and oxygen atoms in total. The Kier molecular flexibility index (Phi) is 3.79. The number of aromatic nitrogens is 1. The van der Waals surface area contributed by atoms with Crippen molar-refractivity contribution in [3.8, 4) is 0 Å². The molecule has 0 unspecified atom stereocenters. The van der Waals surface area contributed by atoms with E-state index < -0.39 is 0 Å². The molecular formula is C17H14N2OS. The zero-order valence-electron chi connectivity index (χ0n) is 11.3. The van der Waals surface area contributed by atoms with Gasteiger partial charge in [-0.25, -0.2) is 4.98 Å². The summed E-state index contributed by atoms with van der Waals surface area (Å²) < 4.78 is 1.11. The number of anilines is 1. The van der Waals surface area contributed by atoms with Gasteiger partial charge in [0.2, 0.25) is 0 Å². The molecule has 0 aliphatic carbocycles. The van der Waals surface area contributed by atoms with Crippen LogP contribution in [0.4, 0.5) is 5.69 Å². The predicted molar refractivity (Wildman–Crippen MR) is 88.2 cm³/mol. The number of nitrogens with two attached hydrogens (primary N) is 1. The van der Waals surface area contributed by atoms with E-state index in [0.29, 0.717) is 12.1 Å². The number of ketones is 1. The third-order valence-corrected chi connectivity index (χ3v) is 4.10. The SMILES string of the molecule is Nc1ccc(/C=C/C(=O)Cc2nc3ccccc3s2)cc1. The maximum atomic E-state index is 12.0. The number of rotatable bonds is 4. The Bertz CT molecular complexity index is 770. The molecule has 104 valence electrons. The summed E-state index contributed by atoms with van der Waals surface area (Å²) >= 11 is 1.57. The maximum Gasteiger partial charge on any atom is 0.162 e. The lowest BCUT2D eigenvalue weighted by Gasteiger charge is -1.94. The molecule has 0 aliphatic heterocycles. The molecule has 0 bridgehead atoms. The van der Waals surface area contributed by atoms with Gasteiger partial charge in [0.25, 0.3) is 0 Å². The van der Waals surface area contributed by atoms with Gasteiger partial charge in [-0.15, -0.1) is 11.3 Å². The van der Waals surface area contributed by atoms with Gasteiger partial charge in [0.1, 0.15) is 5.01 Å². The Balaban J connectivity index is 1.69. The Labute approximate surface area is 126 Å². The molecule has 2 N–H and O–H groups in total. The van der Waals surface area contributed by atoms with E-state index in [1.165, 1.54) is 0 Å². The van der Waals surface area contributed by atoms with Gasteiger partial charge in [0.15, 0.2) is 5.78 Å². The maximum absolute atomic E-state index is 12.0. The summed E-state index contributed by atoms with van der Waals surface area (Å²) in [7, 11) is 0. The number of nitrogen functional groups attached to an aromatic ring is 1. The van der Waals surface area contributed by atoms with Crippen LogP contribution in [-0.2, 0) is 11.2 Å². The lowest BCUT2D eigenvalue weighted by atomic mass is 10.1. The molecule has 0 spiro atoms. The standard InChI is InChI=1S/C17H14N2OS/c18-13-8-5-12(6-9-13)7-10-14(20)11-17-19-15-3-1-2-4-16(15)21-17/h1-10H,11,18H2/b10-7+. The number of allylic oxidation sites excluding steroid dienone is 1. The Morgan fingerprint density at radius 3 is 2.67 bits per heavy atom. The van der Waals surface area contributed by atoms with E-state index in [0.717, 1.165) is 20.8 Å². The van der Waals surface area contributed by atoms with Gasteiger partial charge in [0.05, 0.1) is 16.6 Å². The summed E-state index contributed by atoms with van der Waals surface area (Å²) in [5, 5.41) is 0.850. The molecule has 1 heterocycles. The molecule has 0 saturated heterocycles. The number of thiazole rings is 1. The number of para-hydroxylation sites is 1. The highest BCUT2D eigenvalue weighted by molar-refractivity contribution is 7.18. The molecule has 3 aromatic rings. The van der Waals surface area contributed by atoms with Crippen LogP contribution in [0.1, 0.15) is 10.6 Å². The number of hydrogen-bond donors (Lipinski definition) is 1. The first-order valence-electron chi connectivity index (χ1n) is 6.61. The van der Waals surface area contributed by atoms with Crippen molar-refractivity contribution in [2.45, 2.75) is 6.42 Å². The Morgan fingerprint density at radius 1 is 1.14 bits per heavy atom. The molecule has 0 radical (unpaired) electrons. The van der Waals surface area contributed by atoms with Gasteiger partial charge in [-0.2, -0.15) is 0 Å². The highest BCUT2D eigenvalue weighted by atomic mass is 32.1. The third kappa shape index (κ3) is 3.35. The van der Waals surface area contributed by atoms with Crippen LogP contribution in [0.5, 0.6) is 0 Å². The van der Waals surface area contributed by atoms with Crippen molar-refractivity contribution in [2.24, 2.45) is 0 Å². The van der Waals surface area contributed by atoms with E-state index in [1.54, 1.807) is 23.5 Å². The fourth-order valence-electron chi connectivity index (χ4n) is 2.00. The molecule has 0 amide bonds. The molecule has 2 aromatic carbocycles. The van der Waals surface area contributed by atoms with Gasteiger partial charge in [-0.3, -0.25) is 4.79 Å². The van der Waals surface area contributed by atoms with Gasteiger partial charge in [0, 0.05) is 5.69 Å². The van der Waals surface area contributed by atoms with Crippen molar-refractivity contribution in [3.63, 3.8) is 0 Å². The minimum absolute atomic E-state index is 0.0471. The molecule has 0 aliphatic rings. The zero-order valence-corrected chi connectivity index (χ0v) is 12.1. The van der Waals surface area contributed by atoms with Crippen LogP contribution >= 0.6 is 11.3 Å². The normalized spacial score (nSPS) is 11.2. The molecule has 0 saturated carbocycles. The summed E-state index contributed by atoms with van der Waals surface area (Å²) in [4.78, 5) is 16.5. The number of carbonyl (C=O) groups is 1. The molecule has 4 heteroatoms. The first-order chi connectivity index (χ1) is 10.2. The van der Waals surface area contributed by atoms with Crippen molar-refractivity contribution < 1.29 is 4.79 Å². The highest BCUT2D eigenvalue weighted by Crippen LogP contribution is 2.22. The van der Waals surface area contributed by atoms with E-state index in [9.17, 15) is 4.79 Å². The van der Waals surface area contributed by atoms with E-state index in [4.69, 9.17) is 5.73 Å². The lowest BCUT2D eigenvalue weighted by Crippen LogP contribution is -1.97. The number of carbonyl (C=O) groups excluding carboxylic acids is 1. The second kappa shape index (κ2) is 5.89. The summed E-state index contributed by atoms with van der Waals surface area (Å²) in [5.74, 6) is 0.0471. The molecule has 0 fully saturated rings. The fourth-order valence-corrected chi connectivity index (χ4v) is 2.98. The van der Waals surface area contributed by atoms with Crippen molar-refractivity contribution in [1.29, 1.82) is 0 Å². The summed E-state index contributed by atoms with van der Waals surface area (Å²) in [5.41, 5.74) is 8.25. The first-order valence-corrected chi connectivity index (χ1v) is 7.43. The van der Waals surface area contributed by atoms with Crippen LogP contribution in [0.3, 0.4) is 0 Å². The van der Waals surface area contributed by atoms with E-state index in [-0.39, 0.29) is 5.78 Å². The Morgan fingerprint density at radius 2 is 1.90 bits per heavy atom. The average Bonchev–Trinajstić information content (AvgIpc) is 2.88. The number of nitrogens with zero attached hydrogens (tertiary/aromatic N) is 1. The van der Waals surface area contributed by atoms with Crippen LogP contribution in [0.25, 0.3) is 16.3 Å².